The van der Waals surface area contributed by atoms with Crippen LogP contribution >= 0.6 is 0 Å². The number of hydrogen-bond donors (Lipinski definition) is 0. The van der Waals surface area contributed by atoms with Gasteiger partial charge in [0.1, 0.15) is 5.78 Å². The van der Waals surface area contributed by atoms with Gasteiger partial charge in [0.05, 0.1) is 0 Å². The Kier molecular flexibility index (Phi) is 3.27. The maximum atomic E-state index is 10.8. The Hall–Kier alpha value is -0.370. The molecule has 0 aromatic carbocycles. The number of carbonyl (C=O) groups is 1. The lowest BCUT2D eigenvalue weighted by Crippen LogP contribution is -2.26. The van der Waals surface area contributed by atoms with Gasteiger partial charge in [0.2, 0.25) is 0 Å². The van der Waals surface area contributed by atoms with Gasteiger partial charge in [-0.15, -0.1) is 0 Å². The molecule has 0 bridgehead atoms. The number of ether oxygens (including phenoxy) is 1. The minimum atomic E-state index is 0.308. The Morgan fingerprint density at radius 2 is 2.00 bits per heavy atom. The Morgan fingerprint density at radius 3 is 2.50 bits per heavy atom. The SMILES string of the molecule is CC(=O)CCC1(C)CCOCC1. The maximum Gasteiger partial charge on any atom is 0.129 e. The van der Waals surface area contributed by atoms with Crippen LogP contribution in [0.2, 0.25) is 0 Å². The summed E-state index contributed by atoms with van der Waals surface area (Å²) in [4.78, 5) is 10.8. The molecule has 0 aromatic rings. The highest BCUT2D eigenvalue weighted by Gasteiger charge is 2.26. The number of Topliss-reactive ketones (excluding diaryl/α,β-unsaturated/α-hetero) is 1. The van der Waals surface area contributed by atoms with Crippen molar-refractivity contribution in [3.63, 3.8) is 0 Å². The van der Waals surface area contributed by atoms with E-state index in [9.17, 15) is 4.79 Å². The standard InChI is InChI=1S/C10H18O2/c1-9(11)3-4-10(2)5-7-12-8-6-10/h3-8H2,1-2H3. The van der Waals surface area contributed by atoms with Crippen molar-refractivity contribution >= 4 is 5.78 Å². The Balaban J connectivity index is 2.31. The Bertz CT molecular complexity index is 157. The van der Waals surface area contributed by atoms with Gasteiger partial charge in [0.25, 0.3) is 0 Å². The molecule has 0 amide bonds. The first-order valence-corrected chi connectivity index (χ1v) is 4.70. The van der Waals surface area contributed by atoms with Crippen molar-refractivity contribution in [3.8, 4) is 0 Å². The van der Waals surface area contributed by atoms with Gasteiger partial charge in [0, 0.05) is 19.6 Å². The first-order chi connectivity index (χ1) is 5.62. The van der Waals surface area contributed by atoms with Crippen LogP contribution < -0.4 is 0 Å². The second-order valence-electron chi connectivity index (χ2n) is 4.13. The molecule has 12 heavy (non-hydrogen) atoms. The van der Waals surface area contributed by atoms with Crippen LogP contribution in [0.5, 0.6) is 0 Å². The van der Waals surface area contributed by atoms with Crippen LogP contribution in [0.25, 0.3) is 0 Å². The van der Waals surface area contributed by atoms with E-state index in [1.807, 2.05) is 0 Å². The fraction of sp³-hybridized carbons (Fsp3) is 0.900. The van der Waals surface area contributed by atoms with Crippen molar-refractivity contribution < 1.29 is 9.53 Å². The molecule has 1 aliphatic rings. The van der Waals surface area contributed by atoms with Crippen LogP contribution in [0, 0.1) is 5.41 Å². The van der Waals surface area contributed by atoms with Gasteiger partial charge in [-0.05, 0) is 31.6 Å². The normalized spacial score (nSPS) is 22.2. The minimum Gasteiger partial charge on any atom is -0.381 e. The third kappa shape index (κ3) is 2.94. The van der Waals surface area contributed by atoms with Crippen molar-refractivity contribution in [1.82, 2.24) is 0 Å². The second-order valence-corrected chi connectivity index (χ2v) is 4.13. The molecule has 1 fully saturated rings. The van der Waals surface area contributed by atoms with E-state index in [0.717, 1.165) is 38.9 Å². The lowest BCUT2D eigenvalue weighted by Gasteiger charge is -2.33. The van der Waals surface area contributed by atoms with E-state index in [0.29, 0.717) is 11.2 Å². The fourth-order valence-corrected chi connectivity index (χ4v) is 1.59. The third-order valence-electron chi connectivity index (χ3n) is 2.78. The van der Waals surface area contributed by atoms with Crippen LogP contribution in [0.15, 0.2) is 0 Å². The number of carbonyl (C=O) groups excluding carboxylic acids is 1. The summed E-state index contributed by atoms with van der Waals surface area (Å²) in [6, 6.07) is 0. The van der Waals surface area contributed by atoms with E-state index in [2.05, 4.69) is 6.92 Å². The molecule has 0 radical (unpaired) electrons. The highest BCUT2D eigenvalue weighted by atomic mass is 16.5. The summed E-state index contributed by atoms with van der Waals surface area (Å²) in [6.07, 6.45) is 3.99. The van der Waals surface area contributed by atoms with Gasteiger partial charge in [-0.25, -0.2) is 0 Å². The summed E-state index contributed by atoms with van der Waals surface area (Å²) in [7, 11) is 0. The topological polar surface area (TPSA) is 26.3 Å². The van der Waals surface area contributed by atoms with Gasteiger partial charge >= 0.3 is 0 Å². The van der Waals surface area contributed by atoms with Gasteiger partial charge in [-0.1, -0.05) is 6.92 Å². The highest BCUT2D eigenvalue weighted by Crippen LogP contribution is 2.34. The molecule has 2 nitrogen and oxygen atoms in total. The smallest absolute Gasteiger partial charge is 0.129 e. The zero-order valence-corrected chi connectivity index (χ0v) is 8.06. The zero-order valence-electron chi connectivity index (χ0n) is 8.06. The molecule has 0 atom stereocenters. The first kappa shape index (κ1) is 9.72. The molecule has 1 rings (SSSR count). The van der Waals surface area contributed by atoms with E-state index in [4.69, 9.17) is 4.74 Å². The largest absolute Gasteiger partial charge is 0.381 e. The molecule has 0 unspecified atom stereocenters. The Morgan fingerprint density at radius 1 is 1.42 bits per heavy atom. The molecule has 0 N–H and O–H groups in total. The summed E-state index contributed by atoms with van der Waals surface area (Å²) in [5.41, 5.74) is 0.365. The molecule has 0 aliphatic carbocycles. The lowest BCUT2D eigenvalue weighted by molar-refractivity contribution is -0.118. The quantitative estimate of drug-likeness (QED) is 0.649. The minimum absolute atomic E-state index is 0.308. The zero-order chi connectivity index (χ0) is 9.03. The summed E-state index contributed by atoms with van der Waals surface area (Å²) in [5, 5.41) is 0. The number of hydrogen-bond acceptors (Lipinski definition) is 2. The van der Waals surface area contributed by atoms with Crippen LogP contribution in [-0.2, 0) is 9.53 Å². The van der Waals surface area contributed by atoms with E-state index >= 15 is 0 Å². The van der Waals surface area contributed by atoms with E-state index < -0.39 is 0 Å². The summed E-state index contributed by atoms with van der Waals surface area (Å²) < 4.78 is 5.29. The first-order valence-electron chi connectivity index (χ1n) is 4.70. The number of rotatable bonds is 3. The number of ketones is 1. The molecule has 70 valence electrons. The fourth-order valence-electron chi connectivity index (χ4n) is 1.59. The van der Waals surface area contributed by atoms with Gasteiger partial charge in [-0.3, -0.25) is 0 Å². The van der Waals surface area contributed by atoms with E-state index in [-0.39, 0.29) is 0 Å². The predicted molar refractivity (Wildman–Crippen MR) is 48.1 cm³/mol. The third-order valence-corrected chi connectivity index (χ3v) is 2.78. The molecule has 0 saturated carbocycles. The van der Waals surface area contributed by atoms with Gasteiger partial charge in [-0.2, -0.15) is 0 Å². The molecular formula is C10H18O2. The van der Waals surface area contributed by atoms with Crippen molar-refractivity contribution in [2.45, 2.75) is 39.5 Å². The lowest BCUT2D eigenvalue weighted by atomic mass is 9.78. The summed E-state index contributed by atoms with van der Waals surface area (Å²) in [5.74, 6) is 0.308. The predicted octanol–water partition coefficient (Wildman–Crippen LogP) is 2.17. The van der Waals surface area contributed by atoms with Crippen molar-refractivity contribution in [2.75, 3.05) is 13.2 Å². The molecule has 1 heterocycles. The van der Waals surface area contributed by atoms with Gasteiger partial charge < -0.3 is 9.53 Å². The second kappa shape index (κ2) is 4.04. The average molecular weight is 170 g/mol. The van der Waals surface area contributed by atoms with Gasteiger partial charge in [0.15, 0.2) is 0 Å². The molecule has 2 heteroatoms. The van der Waals surface area contributed by atoms with Crippen molar-refractivity contribution in [2.24, 2.45) is 5.41 Å². The molecule has 1 saturated heterocycles. The monoisotopic (exact) mass is 170 g/mol. The van der Waals surface area contributed by atoms with Crippen LogP contribution in [0.4, 0.5) is 0 Å². The summed E-state index contributed by atoms with van der Waals surface area (Å²) >= 11 is 0. The van der Waals surface area contributed by atoms with E-state index in [1.54, 1.807) is 6.92 Å². The average Bonchev–Trinajstić information content (AvgIpc) is 2.03. The highest BCUT2D eigenvalue weighted by molar-refractivity contribution is 5.75. The van der Waals surface area contributed by atoms with Crippen LogP contribution in [0.3, 0.4) is 0 Å². The van der Waals surface area contributed by atoms with Crippen LogP contribution in [0.1, 0.15) is 39.5 Å². The van der Waals surface area contributed by atoms with Crippen LogP contribution in [-0.4, -0.2) is 19.0 Å². The Labute approximate surface area is 74.3 Å². The van der Waals surface area contributed by atoms with E-state index in [1.165, 1.54) is 0 Å². The van der Waals surface area contributed by atoms with Crippen molar-refractivity contribution in [1.29, 1.82) is 0 Å². The molecule has 0 spiro atoms. The maximum absolute atomic E-state index is 10.8. The molecule has 0 aromatic heterocycles. The molecular weight excluding hydrogens is 152 g/mol. The summed E-state index contributed by atoms with van der Waals surface area (Å²) in [6.45, 7) is 5.67. The van der Waals surface area contributed by atoms with Crippen molar-refractivity contribution in [3.05, 3.63) is 0 Å². The molecule has 1 aliphatic heterocycles.